The summed E-state index contributed by atoms with van der Waals surface area (Å²) in [5, 5.41) is 15.8. The molecule has 2 aromatic heterocycles. The molecule has 3 rings (SSSR count). The van der Waals surface area contributed by atoms with Crippen LogP contribution in [0.1, 0.15) is 24.5 Å². The highest BCUT2D eigenvalue weighted by Gasteiger charge is 2.16. The van der Waals surface area contributed by atoms with Gasteiger partial charge in [-0.15, -0.1) is 0 Å². The summed E-state index contributed by atoms with van der Waals surface area (Å²) in [6.45, 7) is 2.88. The molecule has 4 heteroatoms. The molecule has 1 atom stereocenters. The van der Waals surface area contributed by atoms with Crippen molar-refractivity contribution in [1.82, 2.24) is 9.78 Å². The van der Waals surface area contributed by atoms with E-state index >= 15 is 0 Å². The molecule has 0 aliphatic heterocycles. The first kappa shape index (κ1) is 12.0. The number of hydrogen-bond donors (Lipinski definition) is 1. The Morgan fingerprint density at radius 2 is 2.11 bits per heavy atom. The largest absolute Gasteiger partial charge is 0.467 e. The van der Waals surface area contributed by atoms with Crippen LogP contribution in [-0.4, -0.2) is 14.9 Å². The number of fused-ring (bicyclic) bond motifs is 1. The van der Waals surface area contributed by atoms with Gasteiger partial charge in [0.25, 0.3) is 0 Å². The maximum atomic E-state index is 10.2. The van der Waals surface area contributed by atoms with Crippen LogP contribution in [0.3, 0.4) is 0 Å². The van der Waals surface area contributed by atoms with Crippen molar-refractivity contribution < 1.29 is 9.52 Å². The van der Waals surface area contributed by atoms with E-state index in [0.29, 0.717) is 12.2 Å². The molecule has 1 unspecified atom stereocenters. The van der Waals surface area contributed by atoms with E-state index in [4.69, 9.17) is 4.42 Å². The molecule has 0 amide bonds. The molecular formula is C15H16N2O2. The normalized spacial score (nSPS) is 12.9. The molecule has 2 heterocycles. The van der Waals surface area contributed by atoms with E-state index in [1.165, 1.54) is 0 Å². The fraction of sp³-hybridized carbons (Fsp3) is 0.267. The number of aromatic nitrogens is 2. The Hall–Kier alpha value is -2.07. The Labute approximate surface area is 111 Å². The lowest BCUT2D eigenvalue weighted by atomic mass is 10.1. The lowest BCUT2D eigenvalue weighted by Gasteiger charge is -2.05. The van der Waals surface area contributed by atoms with Crippen molar-refractivity contribution >= 4 is 10.9 Å². The van der Waals surface area contributed by atoms with Crippen molar-refractivity contribution in [3.63, 3.8) is 0 Å². The second-order valence-electron chi connectivity index (χ2n) is 4.51. The van der Waals surface area contributed by atoms with Gasteiger partial charge in [0.05, 0.1) is 17.5 Å². The summed E-state index contributed by atoms with van der Waals surface area (Å²) < 4.78 is 7.19. The first-order chi connectivity index (χ1) is 9.29. The summed E-state index contributed by atoms with van der Waals surface area (Å²) in [6.07, 6.45) is 1.38. The summed E-state index contributed by atoms with van der Waals surface area (Å²) >= 11 is 0. The van der Waals surface area contributed by atoms with Crippen molar-refractivity contribution in [2.45, 2.75) is 26.0 Å². The van der Waals surface area contributed by atoms with Crippen LogP contribution >= 0.6 is 0 Å². The first-order valence-electron chi connectivity index (χ1n) is 6.45. The zero-order valence-electron chi connectivity index (χ0n) is 10.8. The monoisotopic (exact) mass is 256 g/mol. The van der Waals surface area contributed by atoms with Crippen LogP contribution in [0.2, 0.25) is 0 Å². The molecule has 0 saturated heterocycles. The van der Waals surface area contributed by atoms with E-state index in [1.54, 1.807) is 18.4 Å². The van der Waals surface area contributed by atoms with Gasteiger partial charge < -0.3 is 9.52 Å². The van der Waals surface area contributed by atoms with Crippen LogP contribution in [0.15, 0.2) is 47.1 Å². The van der Waals surface area contributed by atoms with E-state index in [9.17, 15) is 5.11 Å². The van der Waals surface area contributed by atoms with Gasteiger partial charge in [0.15, 0.2) is 0 Å². The molecule has 0 fully saturated rings. The maximum Gasteiger partial charge on any atom is 0.132 e. The zero-order valence-corrected chi connectivity index (χ0v) is 10.8. The highest BCUT2D eigenvalue weighted by atomic mass is 16.4. The van der Waals surface area contributed by atoms with Crippen LogP contribution < -0.4 is 0 Å². The molecule has 0 aliphatic rings. The number of furan rings is 1. The molecular weight excluding hydrogens is 240 g/mol. The Balaban J connectivity index is 1.97. The van der Waals surface area contributed by atoms with Gasteiger partial charge in [-0.05, 0) is 25.1 Å². The third-order valence-electron chi connectivity index (χ3n) is 3.29. The Morgan fingerprint density at radius 3 is 2.84 bits per heavy atom. The number of aliphatic hydroxyl groups is 1. The third kappa shape index (κ3) is 2.15. The van der Waals surface area contributed by atoms with Crippen LogP contribution in [0, 0.1) is 0 Å². The number of hydrogen-bond acceptors (Lipinski definition) is 3. The van der Waals surface area contributed by atoms with Crippen molar-refractivity contribution in [1.29, 1.82) is 0 Å². The highest BCUT2D eigenvalue weighted by molar-refractivity contribution is 5.82. The van der Waals surface area contributed by atoms with Crippen molar-refractivity contribution in [3.8, 4) is 0 Å². The van der Waals surface area contributed by atoms with Gasteiger partial charge in [0.2, 0.25) is 0 Å². The van der Waals surface area contributed by atoms with E-state index in [2.05, 4.69) is 18.1 Å². The van der Waals surface area contributed by atoms with Gasteiger partial charge in [-0.3, -0.25) is 4.68 Å². The van der Waals surface area contributed by atoms with Crippen LogP contribution in [0.5, 0.6) is 0 Å². The standard InChI is InChI=1S/C15H16N2O2/c1-2-17-13-7-4-3-6-11(13)12(16-17)10-14(18)15-8-5-9-19-15/h3-9,14,18H,2,10H2,1H3. The predicted octanol–water partition coefficient (Wildman–Crippen LogP) is 2.93. The topological polar surface area (TPSA) is 51.2 Å². The van der Waals surface area contributed by atoms with Crippen LogP contribution in [-0.2, 0) is 13.0 Å². The van der Waals surface area contributed by atoms with E-state index < -0.39 is 6.10 Å². The first-order valence-corrected chi connectivity index (χ1v) is 6.45. The second-order valence-corrected chi connectivity index (χ2v) is 4.51. The summed E-state index contributed by atoms with van der Waals surface area (Å²) in [4.78, 5) is 0. The Kier molecular flexibility index (Phi) is 3.09. The average molecular weight is 256 g/mol. The summed E-state index contributed by atoms with van der Waals surface area (Å²) in [7, 11) is 0. The number of nitrogens with zero attached hydrogens (tertiary/aromatic N) is 2. The molecule has 0 bridgehead atoms. The smallest absolute Gasteiger partial charge is 0.132 e. The fourth-order valence-electron chi connectivity index (χ4n) is 2.35. The Morgan fingerprint density at radius 1 is 1.26 bits per heavy atom. The van der Waals surface area contributed by atoms with Crippen LogP contribution in [0.25, 0.3) is 10.9 Å². The van der Waals surface area contributed by atoms with Gasteiger partial charge in [0.1, 0.15) is 11.9 Å². The molecule has 0 saturated carbocycles. The SMILES string of the molecule is CCn1nc(CC(O)c2ccco2)c2ccccc21. The molecule has 19 heavy (non-hydrogen) atoms. The molecule has 4 nitrogen and oxygen atoms in total. The minimum Gasteiger partial charge on any atom is -0.467 e. The van der Waals surface area contributed by atoms with Gasteiger partial charge in [-0.2, -0.15) is 5.10 Å². The van der Waals surface area contributed by atoms with Crippen LogP contribution in [0.4, 0.5) is 0 Å². The fourth-order valence-corrected chi connectivity index (χ4v) is 2.35. The van der Waals surface area contributed by atoms with Gasteiger partial charge >= 0.3 is 0 Å². The van der Waals surface area contributed by atoms with E-state index in [0.717, 1.165) is 23.1 Å². The van der Waals surface area contributed by atoms with Crippen molar-refractivity contribution in [2.75, 3.05) is 0 Å². The van der Waals surface area contributed by atoms with Gasteiger partial charge in [0, 0.05) is 18.4 Å². The molecule has 0 radical (unpaired) electrons. The van der Waals surface area contributed by atoms with E-state index in [-0.39, 0.29) is 0 Å². The number of rotatable bonds is 4. The number of aryl methyl sites for hydroxylation is 1. The number of benzene rings is 1. The van der Waals surface area contributed by atoms with Gasteiger partial charge in [-0.25, -0.2) is 0 Å². The molecule has 3 aromatic rings. The zero-order chi connectivity index (χ0) is 13.2. The lowest BCUT2D eigenvalue weighted by molar-refractivity contribution is 0.149. The molecule has 1 N–H and O–H groups in total. The predicted molar refractivity (Wildman–Crippen MR) is 72.8 cm³/mol. The summed E-state index contributed by atoms with van der Waals surface area (Å²) in [5.74, 6) is 0.579. The molecule has 98 valence electrons. The minimum atomic E-state index is -0.654. The lowest BCUT2D eigenvalue weighted by Crippen LogP contribution is -2.03. The molecule has 1 aromatic carbocycles. The Bertz CT molecular complexity index is 671. The van der Waals surface area contributed by atoms with Crippen molar-refractivity contribution in [3.05, 3.63) is 54.1 Å². The van der Waals surface area contributed by atoms with Gasteiger partial charge in [-0.1, -0.05) is 18.2 Å². The van der Waals surface area contributed by atoms with Crippen molar-refractivity contribution in [2.24, 2.45) is 0 Å². The quantitative estimate of drug-likeness (QED) is 0.780. The third-order valence-corrected chi connectivity index (χ3v) is 3.29. The molecule has 0 aliphatic carbocycles. The minimum absolute atomic E-state index is 0.459. The average Bonchev–Trinajstić information content (AvgIpc) is 3.07. The number of para-hydroxylation sites is 1. The summed E-state index contributed by atoms with van der Waals surface area (Å²) in [5.41, 5.74) is 2.01. The van der Waals surface area contributed by atoms with E-state index in [1.807, 2.05) is 22.9 Å². The maximum absolute atomic E-state index is 10.2. The molecule has 0 spiro atoms. The highest BCUT2D eigenvalue weighted by Crippen LogP contribution is 2.24. The summed E-state index contributed by atoms with van der Waals surface area (Å²) in [6, 6.07) is 11.6. The second kappa shape index (κ2) is 4.90. The number of aliphatic hydroxyl groups excluding tert-OH is 1.